The van der Waals surface area contributed by atoms with E-state index in [9.17, 15) is 0 Å². The third kappa shape index (κ3) is 1.07. The molecule has 3 nitrogen and oxygen atoms in total. The Morgan fingerprint density at radius 2 is 2.57 bits per heavy atom. The molecule has 2 N–H and O–H groups in total. The number of guanidine groups is 1. The quantitative estimate of drug-likeness (QED) is 0.422. The highest BCUT2D eigenvalue weighted by atomic mass is 15.2. The molecule has 0 aliphatic carbocycles. The lowest BCUT2D eigenvalue weighted by Crippen LogP contribution is -2.38. The lowest BCUT2D eigenvalue weighted by Gasteiger charge is -2.11. The van der Waals surface area contributed by atoms with Gasteiger partial charge in [0.25, 0.3) is 0 Å². The van der Waals surface area contributed by atoms with Gasteiger partial charge in [0.05, 0.1) is 0 Å². The zero-order valence-corrected chi connectivity index (χ0v) is 4.07. The Morgan fingerprint density at radius 3 is 2.86 bits per heavy atom. The van der Waals surface area contributed by atoms with Crippen LogP contribution in [0.2, 0.25) is 0 Å². The Hall–Kier alpha value is -0.730. The number of nitrogens with zero attached hydrogens (tertiary/aromatic N) is 1. The number of nitrogens with one attached hydrogen (secondary N) is 2. The van der Waals surface area contributed by atoms with E-state index in [1.807, 2.05) is 0 Å². The lowest BCUT2D eigenvalue weighted by molar-refractivity contribution is 0.656. The van der Waals surface area contributed by atoms with E-state index in [1.54, 1.807) is 0 Å². The lowest BCUT2D eigenvalue weighted by atomic mass is 10.4. The van der Waals surface area contributed by atoms with Crippen LogP contribution in [0.3, 0.4) is 0 Å². The average Bonchev–Trinajstić information content (AvgIpc) is 1.69. The Balaban J connectivity index is 2.25. The highest BCUT2D eigenvalue weighted by molar-refractivity contribution is 5.76. The van der Waals surface area contributed by atoms with Crippen molar-refractivity contribution in [3.8, 4) is 0 Å². The van der Waals surface area contributed by atoms with E-state index in [0.29, 0.717) is 5.96 Å². The van der Waals surface area contributed by atoms with Crippen molar-refractivity contribution < 1.29 is 0 Å². The van der Waals surface area contributed by atoms with E-state index in [4.69, 9.17) is 5.41 Å². The summed E-state index contributed by atoms with van der Waals surface area (Å²) in [6.45, 7) is 1.74. The third-order valence-corrected chi connectivity index (χ3v) is 0.897. The minimum atomic E-state index is 0.339. The first-order chi connectivity index (χ1) is 3.39. The van der Waals surface area contributed by atoms with Crippen molar-refractivity contribution in [1.29, 1.82) is 5.41 Å². The molecule has 3 heteroatoms. The maximum absolute atomic E-state index is 6.91. The van der Waals surface area contributed by atoms with Crippen molar-refractivity contribution in [3.05, 3.63) is 0 Å². The molecule has 1 aliphatic rings. The predicted octanol–water partition coefficient (Wildman–Crippen LogP) is -0.481. The van der Waals surface area contributed by atoms with Gasteiger partial charge < -0.3 is 5.32 Å². The zero-order chi connectivity index (χ0) is 5.11. The highest BCUT2D eigenvalue weighted by Crippen LogP contribution is 1.80. The topological polar surface area (TPSA) is 50.0 Å². The van der Waals surface area contributed by atoms with Crippen LogP contribution in [0, 0.1) is 5.41 Å². The summed E-state index contributed by atoms with van der Waals surface area (Å²) in [5.41, 5.74) is 0. The fourth-order valence-corrected chi connectivity index (χ4v) is 0.533. The van der Waals surface area contributed by atoms with Gasteiger partial charge in [-0.3, -0.25) is 10.7 Å². The monoisotopic (exact) mass is 98.1 g/mol. The molecule has 0 saturated carbocycles. The van der Waals surface area contributed by atoms with E-state index in [1.165, 1.54) is 0 Å². The Kier molecular flexibility index (Phi) is 1.15. The molecule has 39 valence electrons. The maximum Gasteiger partial charge on any atom is 0.210 e. The van der Waals surface area contributed by atoms with Gasteiger partial charge in [-0.05, 0) is 6.42 Å². The average molecular weight is 98.1 g/mol. The minimum Gasteiger partial charge on any atom is -0.355 e. The molecule has 1 rings (SSSR count). The van der Waals surface area contributed by atoms with Gasteiger partial charge in [0.1, 0.15) is 0 Å². The largest absolute Gasteiger partial charge is 0.355 e. The standard InChI is InChI=1S/C4H8N3/c5-4-6-2-1-3-7-4/h1-3H2,(H2,5,6). The summed E-state index contributed by atoms with van der Waals surface area (Å²) in [6.07, 6.45) is 1.07. The van der Waals surface area contributed by atoms with Crippen LogP contribution in [0.25, 0.3) is 0 Å². The van der Waals surface area contributed by atoms with Crippen molar-refractivity contribution in [3.63, 3.8) is 0 Å². The molecule has 0 aromatic heterocycles. The molecule has 0 spiro atoms. The molecule has 1 fully saturated rings. The van der Waals surface area contributed by atoms with Gasteiger partial charge in [0.15, 0.2) is 0 Å². The molecule has 0 aromatic carbocycles. The van der Waals surface area contributed by atoms with Gasteiger partial charge in [-0.25, -0.2) is 0 Å². The molecule has 1 aliphatic heterocycles. The first kappa shape index (κ1) is 4.43. The Morgan fingerprint density at radius 1 is 1.71 bits per heavy atom. The van der Waals surface area contributed by atoms with Crippen LogP contribution < -0.4 is 10.6 Å². The van der Waals surface area contributed by atoms with Crippen molar-refractivity contribution in [2.75, 3.05) is 13.1 Å². The van der Waals surface area contributed by atoms with Crippen molar-refractivity contribution in [2.45, 2.75) is 6.42 Å². The van der Waals surface area contributed by atoms with Gasteiger partial charge in [-0.1, -0.05) is 0 Å². The summed E-state index contributed by atoms with van der Waals surface area (Å²) in [6, 6.07) is 0. The Bertz CT molecular complexity index is 71.0. The molecule has 1 radical (unpaired) electrons. The van der Waals surface area contributed by atoms with Gasteiger partial charge >= 0.3 is 0 Å². The van der Waals surface area contributed by atoms with Gasteiger partial charge in [0.2, 0.25) is 5.96 Å². The van der Waals surface area contributed by atoms with E-state index in [2.05, 4.69) is 10.6 Å². The first-order valence-corrected chi connectivity index (χ1v) is 2.39. The Labute approximate surface area is 42.6 Å². The second-order valence-electron chi connectivity index (χ2n) is 1.51. The maximum atomic E-state index is 6.91. The van der Waals surface area contributed by atoms with Crippen LogP contribution in [0.5, 0.6) is 0 Å². The molecule has 7 heavy (non-hydrogen) atoms. The molecule has 0 unspecified atom stereocenters. The van der Waals surface area contributed by atoms with Gasteiger partial charge in [-0.2, -0.15) is 0 Å². The van der Waals surface area contributed by atoms with E-state index >= 15 is 0 Å². The van der Waals surface area contributed by atoms with Crippen LogP contribution in [0.1, 0.15) is 6.42 Å². The van der Waals surface area contributed by atoms with Crippen molar-refractivity contribution in [1.82, 2.24) is 10.6 Å². The van der Waals surface area contributed by atoms with Crippen LogP contribution in [0.15, 0.2) is 0 Å². The van der Waals surface area contributed by atoms with Crippen LogP contribution >= 0.6 is 0 Å². The minimum absolute atomic E-state index is 0.339. The molecule has 0 atom stereocenters. The van der Waals surface area contributed by atoms with Crippen LogP contribution in [0.4, 0.5) is 0 Å². The van der Waals surface area contributed by atoms with Crippen molar-refractivity contribution in [2.24, 2.45) is 0 Å². The third-order valence-electron chi connectivity index (χ3n) is 0.897. The molecular weight excluding hydrogens is 90.1 g/mol. The van der Waals surface area contributed by atoms with Crippen molar-refractivity contribution >= 4 is 5.96 Å². The van der Waals surface area contributed by atoms with Crippen LogP contribution in [-0.4, -0.2) is 19.0 Å². The molecule has 0 amide bonds. The second kappa shape index (κ2) is 1.82. The predicted molar refractivity (Wildman–Crippen MR) is 27.3 cm³/mol. The fraction of sp³-hybridized carbons (Fsp3) is 0.750. The normalized spacial score (nSPS) is 20.3. The molecule has 0 bridgehead atoms. The smallest absolute Gasteiger partial charge is 0.210 e. The first-order valence-electron chi connectivity index (χ1n) is 2.39. The number of hydrogen-bond donors (Lipinski definition) is 2. The fourth-order valence-electron chi connectivity index (χ4n) is 0.533. The van der Waals surface area contributed by atoms with E-state index in [-0.39, 0.29) is 0 Å². The summed E-state index contributed by atoms with van der Waals surface area (Å²) in [7, 11) is 0. The second-order valence-corrected chi connectivity index (χ2v) is 1.51. The summed E-state index contributed by atoms with van der Waals surface area (Å²) in [4.78, 5) is 0. The number of hydrogen-bond acceptors (Lipinski definition) is 1. The molecule has 1 saturated heterocycles. The SMILES string of the molecule is N=C1[N]CCCN1. The van der Waals surface area contributed by atoms with Gasteiger partial charge in [0, 0.05) is 13.1 Å². The van der Waals surface area contributed by atoms with Gasteiger partial charge in [-0.15, -0.1) is 0 Å². The summed E-state index contributed by atoms with van der Waals surface area (Å²) in [5, 5.41) is 13.5. The van der Waals surface area contributed by atoms with E-state index in [0.717, 1.165) is 19.5 Å². The summed E-state index contributed by atoms with van der Waals surface area (Å²) in [5.74, 6) is 0.339. The summed E-state index contributed by atoms with van der Waals surface area (Å²) >= 11 is 0. The highest BCUT2D eigenvalue weighted by Gasteiger charge is 2.00. The van der Waals surface area contributed by atoms with E-state index < -0.39 is 0 Å². The molecule has 0 aromatic rings. The van der Waals surface area contributed by atoms with Crippen LogP contribution in [-0.2, 0) is 0 Å². The zero-order valence-electron chi connectivity index (χ0n) is 4.07. The molecule has 1 heterocycles. The molecular formula is C4H8N3. The number of rotatable bonds is 0. The summed E-state index contributed by atoms with van der Waals surface area (Å²) < 4.78 is 0.